The average Bonchev–Trinajstić information content (AvgIpc) is 2.47. The summed E-state index contributed by atoms with van der Waals surface area (Å²) < 4.78 is 34.6. The Morgan fingerprint density at radius 2 is 1.70 bits per heavy atom. The van der Waals surface area contributed by atoms with E-state index in [2.05, 4.69) is 0 Å². The number of unbranched alkanes of at least 4 members (excludes halogenated alkanes) is 2. The summed E-state index contributed by atoms with van der Waals surface area (Å²) in [6.45, 7) is 3.39. The highest BCUT2D eigenvalue weighted by molar-refractivity contribution is 7.91. The number of carbonyl (C=O) groups is 1. The molecule has 0 aliphatic rings. The van der Waals surface area contributed by atoms with Gasteiger partial charge in [-0.1, -0.05) is 18.6 Å². The molecule has 0 aliphatic carbocycles. The van der Waals surface area contributed by atoms with Crippen molar-refractivity contribution in [3.8, 4) is 0 Å². The van der Waals surface area contributed by atoms with Gasteiger partial charge >= 0.3 is 0 Å². The van der Waals surface area contributed by atoms with E-state index in [1.165, 1.54) is 0 Å². The predicted octanol–water partition coefficient (Wildman–Crippen LogP) is 2.92. The van der Waals surface area contributed by atoms with Crippen molar-refractivity contribution in [1.82, 2.24) is 0 Å². The van der Waals surface area contributed by atoms with Gasteiger partial charge in [0.15, 0.2) is 9.84 Å². The first-order valence-electron chi connectivity index (χ1n) is 7.88. The van der Waals surface area contributed by atoms with Crippen molar-refractivity contribution < 1.29 is 17.4 Å². The number of rotatable bonds is 10. The van der Waals surface area contributed by atoms with Crippen LogP contribution in [0.2, 0.25) is 0 Å². The molecule has 1 unspecified atom stereocenters. The summed E-state index contributed by atoms with van der Waals surface area (Å²) in [5.74, 6) is 0.358. The lowest BCUT2D eigenvalue weighted by atomic mass is 10.0. The van der Waals surface area contributed by atoms with Gasteiger partial charge in [-0.2, -0.15) is 0 Å². The van der Waals surface area contributed by atoms with Crippen LogP contribution in [-0.4, -0.2) is 35.7 Å². The number of hydrogen-bond acceptors (Lipinski definition) is 4. The Kier molecular flexibility index (Phi) is 8.12. The molecule has 23 heavy (non-hydrogen) atoms. The Bertz CT molecular complexity index is 631. The molecular weight excluding hydrogens is 332 g/mol. The van der Waals surface area contributed by atoms with Crippen molar-refractivity contribution in [2.24, 2.45) is 0 Å². The van der Waals surface area contributed by atoms with Crippen molar-refractivity contribution in [2.75, 3.05) is 12.0 Å². The van der Waals surface area contributed by atoms with Gasteiger partial charge < -0.3 is 0 Å². The maximum atomic E-state index is 11.9. The summed E-state index contributed by atoms with van der Waals surface area (Å²) in [7, 11) is -3.97. The normalized spacial score (nSPS) is 13.2. The highest BCUT2D eigenvalue weighted by Crippen LogP contribution is 2.11. The lowest BCUT2D eigenvalue weighted by Gasteiger charge is -2.07. The molecule has 6 heteroatoms. The minimum Gasteiger partial charge on any atom is -0.299 e. The van der Waals surface area contributed by atoms with Crippen LogP contribution in [0.25, 0.3) is 0 Å². The third kappa shape index (κ3) is 7.40. The second-order valence-electron chi connectivity index (χ2n) is 6.04. The van der Waals surface area contributed by atoms with E-state index in [-0.39, 0.29) is 16.8 Å². The number of Topliss-reactive ketones (excluding diaryl/α,β-unsaturated/α-hetero) is 1. The van der Waals surface area contributed by atoms with Crippen LogP contribution in [-0.2, 0) is 31.9 Å². The van der Waals surface area contributed by atoms with Crippen molar-refractivity contribution >= 4 is 26.4 Å². The molecule has 0 saturated heterocycles. The summed E-state index contributed by atoms with van der Waals surface area (Å²) in [4.78, 5) is 12.7. The zero-order valence-electron chi connectivity index (χ0n) is 14.1. The summed E-state index contributed by atoms with van der Waals surface area (Å²) in [5.41, 5.74) is 0.923. The summed E-state index contributed by atoms with van der Waals surface area (Å²) in [5, 5.41) is -0.329. The Morgan fingerprint density at radius 3 is 2.22 bits per heavy atom. The van der Waals surface area contributed by atoms with E-state index in [1.54, 1.807) is 32.2 Å². The van der Waals surface area contributed by atoms with Gasteiger partial charge in [-0.25, -0.2) is 8.42 Å². The molecule has 1 atom stereocenters. The number of benzene rings is 1. The molecule has 4 nitrogen and oxygen atoms in total. The molecule has 0 bridgehead atoms. The van der Waals surface area contributed by atoms with Crippen LogP contribution in [0, 0.1) is 0 Å². The highest BCUT2D eigenvalue weighted by Gasteiger charge is 2.15. The van der Waals surface area contributed by atoms with E-state index in [1.807, 2.05) is 12.1 Å². The van der Waals surface area contributed by atoms with Gasteiger partial charge in [-0.3, -0.25) is 9.00 Å². The first kappa shape index (κ1) is 20.0. The van der Waals surface area contributed by atoms with Crippen molar-refractivity contribution in [2.45, 2.75) is 56.1 Å². The molecule has 0 aliphatic heterocycles. The Morgan fingerprint density at radius 1 is 1.09 bits per heavy atom. The largest absolute Gasteiger partial charge is 0.299 e. The van der Waals surface area contributed by atoms with Gasteiger partial charge in [0.2, 0.25) is 0 Å². The first-order valence-corrected chi connectivity index (χ1v) is 11.2. The lowest BCUT2D eigenvalue weighted by molar-refractivity contribution is -0.118. The van der Waals surface area contributed by atoms with E-state index in [4.69, 9.17) is 0 Å². The molecule has 0 amide bonds. The van der Waals surface area contributed by atoms with Gasteiger partial charge in [0.25, 0.3) is 0 Å². The van der Waals surface area contributed by atoms with E-state index >= 15 is 0 Å². The molecule has 1 aromatic carbocycles. The molecule has 130 valence electrons. The third-order valence-corrected chi connectivity index (χ3v) is 6.99. The number of sulfone groups is 1. The van der Waals surface area contributed by atoms with Gasteiger partial charge in [-0.05, 0) is 44.4 Å². The van der Waals surface area contributed by atoms with Crippen LogP contribution >= 0.6 is 0 Å². The molecule has 0 saturated carbocycles. The Labute approximate surface area is 142 Å². The van der Waals surface area contributed by atoms with Crippen molar-refractivity contribution in [1.29, 1.82) is 0 Å². The zero-order chi connectivity index (χ0) is 17.5. The average molecular weight is 359 g/mol. The molecule has 1 aromatic rings. The summed E-state index contributed by atoms with van der Waals surface area (Å²) in [6.07, 6.45) is 4.57. The molecule has 0 radical (unpaired) electrons. The predicted molar refractivity (Wildman–Crippen MR) is 94.9 cm³/mol. The van der Waals surface area contributed by atoms with Gasteiger partial charge in [0.05, 0.1) is 11.0 Å². The maximum Gasteiger partial charge on any atom is 0.152 e. The van der Waals surface area contributed by atoms with Crippen LogP contribution in [0.3, 0.4) is 0 Å². The molecule has 0 aromatic heterocycles. The Hall–Kier alpha value is -1.01. The second kappa shape index (κ2) is 9.33. The maximum absolute atomic E-state index is 11.9. The van der Waals surface area contributed by atoms with E-state index in [0.29, 0.717) is 19.3 Å². The fourth-order valence-electron chi connectivity index (χ4n) is 2.15. The van der Waals surface area contributed by atoms with Gasteiger partial charge in [0.1, 0.15) is 5.78 Å². The first-order chi connectivity index (χ1) is 10.7. The number of carbonyl (C=O) groups excluding carboxylic acids is 1. The minimum absolute atomic E-state index is 0.155. The SMILES string of the molecule is CC(C)S(=O)(=O)CCCCCC(=O)Cc1ccc(S(C)=O)cc1. The lowest BCUT2D eigenvalue weighted by Crippen LogP contribution is -2.17. The molecule has 0 spiro atoms. The van der Waals surface area contributed by atoms with Crippen LogP contribution in [0.15, 0.2) is 29.2 Å². The molecule has 0 fully saturated rings. The summed E-state index contributed by atoms with van der Waals surface area (Å²) >= 11 is 0. The van der Waals surface area contributed by atoms with Crippen molar-refractivity contribution in [3.63, 3.8) is 0 Å². The molecule has 0 heterocycles. The van der Waals surface area contributed by atoms with Crippen LogP contribution in [0.5, 0.6) is 0 Å². The Balaban J connectivity index is 2.28. The van der Waals surface area contributed by atoms with Crippen LogP contribution in [0.4, 0.5) is 0 Å². The quantitative estimate of drug-likeness (QED) is 0.603. The van der Waals surface area contributed by atoms with E-state index < -0.39 is 20.6 Å². The van der Waals surface area contributed by atoms with Crippen LogP contribution in [0.1, 0.15) is 45.1 Å². The topological polar surface area (TPSA) is 68.3 Å². The summed E-state index contributed by atoms with van der Waals surface area (Å²) in [6, 6.07) is 7.25. The highest BCUT2D eigenvalue weighted by atomic mass is 32.2. The van der Waals surface area contributed by atoms with Gasteiger partial charge in [0, 0.05) is 34.8 Å². The fraction of sp³-hybridized carbons (Fsp3) is 0.588. The molecule has 0 N–H and O–H groups in total. The third-order valence-electron chi connectivity index (χ3n) is 3.76. The fourth-order valence-corrected chi connectivity index (χ4v) is 3.75. The standard InChI is InChI=1S/C17H26O4S2/c1-14(2)23(20,21)12-6-4-5-7-16(18)13-15-8-10-17(11-9-15)22(3)19/h8-11,14H,4-7,12-13H2,1-3H3. The van der Waals surface area contributed by atoms with Crippen LogP contribution < -0.4 is 0 Å². The second-order valence-corrected chi connectivity index (χ2v) is 10.1. The number of ketones is 1. The minimum atomic E-state index is -2.97. The number of hydrogen-bond donors (Lipinski definition) is 0. The monoisotopic (exact) mass is 358 g/mol. The van der Waals surface area contributed by atoms with Crippen molar-refractivity contribution in [3.05, 3.63) is 29.8 Å². The zero-order valence-corrected chi connectivity index (χ0v) is 15.7. The smallest absolute Gasteiger partial charge is 0.152 e. The van der Waals surface area contributed by atoms with E-state index in [9.17, 15) is 17.4 Å². The van der Waals surface area contributed by atoms with Gasteiger partial charge in [-0.15, -0.1) is 0 Å². The van der Waals surface area contributed by atoms with E-state index in [0.717, 1.165) is 23.3 Å². The molecular formula is C17H26O4S2. The molecule has 1 rings (SSSR count).